The maximum Gasteiger partial charge on any atom is 0.112 e. The van der Waals surface area contributed by atoms with E-state index in [9.17, 15) is 0 Å². The topological polar surface area (TPSA) is 29.9 Å². The molecule has 0 saturated heterocycles. The van der Waals surface area contributed by atoms with Gasteiger partial charge in [-0.1, -0.05) is 24.6 Å². The van der Waals surface area contributed by atoms with E-state index in [0.29, 0.717) is 0 Å². The Labute approximate surface area is 106 Å². The lowest BCUT2D eigenvalue weighted by Crippen LogP contribution is -2.06. The first-order chi connectivity index (χ1) is 8.26. The van der Waals surface area contributed by atoms with Crippen LogP contribution in [-0.2, 0) is 13.0 Å². The van der Waals surface area contributed by atoms with Crippen LogP contribution in [0.15, 0.2) is 30.6 Å². The minimum Gasteiger partial charge on any atom is -0.316 e. The van der Waals surface area contributed by atoms with Crippen LogP contribution in [0.3, 0.4) is 0 Å². The maximum atomic E-state index is 6.25. The molecule has 0 radical (unpaired) electrons. The van der Waals surface area contributed by atoms with Crippen molar-refractivity contribution in [1.82, 2.24) is 14.9 Å². The number of hydrogen-bond donors (Lipinski definition) is 1. The molecular weight excluding hydrogens is 234 g/mol. The van der Waals surface area contributed by atoms with Crippen molar-refractivity contribution in [2.75, 3.05) is 7.05 Å². The van der Waals surface area contributed by atoms with Crippen LogP contribution in [-0.4, -0.2) is 16.6 Å². The fourth-order valence-corrected chi connectivity index (χ4v) is 2.09. The van der Waals surface area contributed by atoms with Gasteiger partial charge in [0.15, 0.2) is 0 Å². The van der Waals surface area contributed by atoms with E-state index in [1.807, 2.05) is 31.6 Å². The average molecular weight is 250 g/mol. The molecule has 0 spiro atoms. The first kappa shape index (κ1) is 12.1. The summed E-state index contributed by atoms with van der Waals surface area (Å²) in [5.41, 5.74) is 2.17. The molecule has 17 heavy (non-hydrogen) atoms. The Balaban J connectivity index is 2.37. The molecular formula is C13H16ClN3. The summed E-state index contributed by atoms with van der Waals surface area (Å²) in [6, 6.07) is 6.10. The smallest absolute Gasteiger partial charge is 0.112 e. The summed E-state index contributed by atoms with van der Waals surface area (Å²) < 4.78 is 2.06. The zero-order valence-electron chi connectivity index (χ0n) is 10.1. The Morgan fingerprint density at radius 3 is 2.88 bits per heavy atom. The Hall–Kier alpha value is -1.32. The van der Waals surface area contributed by atoms with Crippen LogP contribution in [0.5, 0.6) is 0 Å². The lowest BCUT2D eigenvalue weighted by molar-refractivity contribution is 0.816. The SMILES string of the molecule is CCc1nccn1-c1ccc(CNC)c(Cl)c1. The molecule has 1 heterocycles. The van der Waals surface area contributed by atoms with Crippen LogP contribution in [0.25, 0.3) is 5.69 Å². The van der Waals surface area contributed by atoms with Crippen LogP contribution in [0, 0.1) is 0 Å². The van der Waals surface area contributed by atoms with Crippen LogP contribution in [0.4, 0.5) is 0 Å². The number of halogens is 1. The van der Waals surface area contributed by atoms with Gasteiger partial charge in [-0.25, -0.2) is 4.98 Å². The number of nitrogens with one attached hydrogen (secondary N) is 1. The normalized spacial score (nSPS) is 10.8. The lowest BCUT2D eigenvalue weighted by Gasteiger charge is -2.09. The van der Waals surface area contributed by atoms with Gasteiger partial charge >= 0.3 is 0 Å². The number of benzene rings is 1. The zero-order chi connectivity index (χ0) is 12.3. The number of hydrogen-bond acceptors (Lipinski definition) is 2. The average Bonchev–Trinajstić information content (AvgIpc) is 2.80. The summed E-state index contributed by atoms with van der Waals surface area (Å²) in [6.45, 7) is 2.87. The fourth-order valence-electron chi connectivity index (χ4n) is 1.85. The fraction of sp³-hybridized carbons (Fsp3) is 0.308. The number of aryl methyl sites for hydroxylation is 1. The summed E-state index contributed by atoms with van der Waals surface area (Å²) in [5, 5.41) is 3.88. The van der Waals surface area contributed by atoms with Crippen molar-refractivity contribution in [2.24, 2.45) is 0 Å². The van der Waals surface area contributed by atoms with Crippen molar-refractivity contribution in [3.05, 3.63) is 47.0 Å². The molecule has 0 aliphatic rings. The van der Waals surface area contributed by atoms with Crippen LogP contribution < -0.4 is 5.32 Å². The van der Waals surface area contributed by atoms with Gasteiger partial charge in [0.2, 0.25) is 0 Å². The van der Waals surface area contributed by atoms with Gasteiger partial charge in [-0.05, 0) is 24.7 Å². The third-order valence-corrected chi connectivity index (χ3v) is 3.07. The highest BCUT2D eigenvalue weighted by Gasteiger charge is 2.05. The van der Waals surface area contributed by atoms with Crippen LogP contribution in [0.2, 0.25) is 5.02 Å². The zero-order valence-corrected chi connectivity index (χ0v) is 10.8. The summed E-state index contributed by atoms with van der Waals surface area (Å²) in [7, 11) is 1.91. The molecule has 0 bridgehead atoms. The van der Waals surface area contributed by atoms with E-state index in [1.165, 1.54) is 0 Å². The second kappa shape index (κ2) is 5.34. The Morgan fingerprint density at radius 1 is 1.41 bits per heavy atom. The summed E-state index contributed by atoms with van der Waals surface area (Å²) in [5.74, 6) is 1.04. The molecule has 1 aromatic carbocycles. The first-order valence-corrected chi connectivity index (χ1v) is 6.09. The van der Waals surface area contributed by atoms with Crippen LogP contribution in [0.1, 0.15) is 18.3 Å². The standard InChI is InChI=1S/C13H16ClN3/c1-3-13-16-6-7-17(13)11-5-4-10(9-15-2)12(14)8-11/h4-8,15H,3,9H2,1-2H3. The van der Waals surface area contributed by atoms with Gasteiger partial charge in [0.05, 0.1) is 0 Å². The molecule has 0 fully saturated rings. The van der Waals surface area contributed by atoms with E-state index in [2.05, 4.69) is 27.9 Å². The minimum absolute atomic E-state index is 0.781. The highest BCUT2D eigenvalue weighted by Crippen LogP contribution is 2.21. The Bertz CT molecular complexity index is 505. The molecule has 4 heteroatoms. The van der Waals surface area contributed by atoms with E-state index < -0.39 is 0 Å². The van der Waals surface area contributed by atoms with E-state index in [0.717, 1.165) is 35.1 Å². The molecule has 2 rings (SSSR count). The molecule has 3 nitrogen and oxygen atoms in total. The molecule has 1 N–H and O–H groups in total. The summed E-state index contributed by atoms with van der Waals surface area (Å²) >= 11 is 6.25. The first-order valence-electron chi connectivity index (χ1n) is 5.72. The van der Waals surface area contributed by atoms with Crippen LogP contribution >= 0.6 is 11.6 Å². The molecule has 0 aliphatic carbocycles. The highest BCUT2D eigenvalue weighted by molar-refractivity contribution is 6.31. The quantitative estimate of drug-likeness (QED) is 0.903. The number of nitrogens with zero attached hydrogens (tertiary/aromatic N) is 2. The highest BCUT2D eigenvalue weighted by atomic mass is 35.5. The lowest BCUT2D eigenvalue weighted by atomic mass is 10.2. The van der Waals surface area contributed by atoms with Crippen molar-refractivity contribution in [3.63, 3.8) is 0 Å². The van der Waals surface area contributed by atoms with Gasteiger partial charge in [-0.2, -0.15) is 0 Å². The minimum atomic E-state index is 0.781. The number of imidazole rings is 1. The van der Waals surface area contributed by atoms with Crippen molar-refractivity contribution < 1.29 is 0 Å². The van der Waals surface area contributed by atoms with Gasteiger partial charge in [0.25, 0.3) is 0 Å². The molecule has 2 aromatic rings. The van der Waals surface area contributed by atoms with Crippen molar-refractivity contribution in [2.45, 2.75) is 19.9 Å². The Kier molecular flexibility index (Phi) is 3.82. The Morgan fingerprint density at radius 2 is 2.24 bits per heavy atom. The largest absolute Gasteiger partial charge is 0.316 e. The van der Waals surface area contributed by atoms with E-state index in [1.54, 1.807) is 0 Å². The summed E-state index contributed by atoms with van der Waals surface area (Å²) in [4.78, 5) is 4.31. The maximum absolute atomic E-state index is 6.25. The second-order valence-corrected chi connectivity index (χ2v) is 4.28. The number of rotatable bonds is 4. The molecule has 0 atom stereocenters. The van der Waals surface area contributed by atoms with Crippen molar-refractivity contribution in [1.29, 1.82) is 0 Å². The number of aromatic nitrogens is 2. The predicted octanol–water partition coefficient (Wildman–Crippen LogP) is 2.81. The molecule has 90 valence electrons. The van der Waals surface area contributed by atoms with Gasteiger partial charge in [-0.3, -0.25) is 0 Å². The second-order valence-electron chi connectivity index (χ2n) is 3.87. The van der Waals surface area contributed by atoms with Gasteiger partial charge in [0, 0.05) is 36.1 Å². The van der Waals surface area contributed by atoms with Gasteiger partial charge in [-0.15, -0.1) is 0 Å². The van der Waals surface area contributed by atoms with Crippen molar-refractivity contribution >= 4 is 11.6 Å². The third-order valence-electron chi connectivity index (χ3n) is 2.72. The molecule has 0 saturated carbocycles. The third kappa shape index (κ3) is 2.51. The molecule has 1 aromatic heterocycles. The summed E-state index contributed by atoms with van der Waals surface area (Å²) in [6.07, 6.45) is 4.68. The van der Waals surface area contributed by atoms with Gasteiger partial charge in [0.1, 0.15) is 5.82 Å². The molecule has 0 unspecified atom stereocenters. The molecule has 0 amide bonds. The predicted molar refractivity (Wildman–Crippen MR) is 70.7 cm³/mol. The van der Waals surface area contributed by atoms with E-state index in [4.69, 9.17) is 11.6 Å². The molecule has 0 aliphatic heterocycles. The van der Waals surface area contributed by atoms with E-state index >= 15 is 0 Å². The van der Waals surface area contributed by atoms with Crippen molar-refractivity contribution in [3.8, 4) is 5.69 Å². The van der Waals surface area contributed by atoms with Gasteiger partial charge < -0.3 is 9.88 Å². The van der Waals surface area contributed by atoms with E-state index in [-0.39, 0.29) is 0 Å². The monoisotopic (exact) mass is 249 g/mol.